The Bertz CT molecular complexity index is 182. The van der Waals surface area contributed by atoms with Crippen molar-refractivity contribution < 1.29 is 0 Å². The highest BCUT2D eigenvalue weighted by Crippen LogP contribution is 2.36. The van der Waals surface area contributed by atoms with E-state index in [0.29, 0.717) is 0 Å². The lowest BCUT2D eigenvalue weighted by Gasteiger charge is -2.35. The van der Waals surface area contributed by atoms with E-state index in [1.807, 2.05) is 0 Å². The largest absolute Gasteiger partial charge is 0.0651 e. The van der Waals surface area contributed by atoms with Gasteiger partial charge in [-0.1, -0.05) is 68.2 Å². The van der Waals surface area contributed by atoms with E-state index in [0.717, 1.165) is 35.5 Å². The molecule has 0 heteroatoms. The molecule has 104 valence electrons. The maximum atomic E-state index is 2.46. The lowest BCUT2D eigenvalue weighted by atomic mass is 9.71. The summed E-state index contributed by atoms with van der Waals surface area (Å²) in [4.78, 5) is 0. The van der Waals surface area contributed by atoms with Gasteiger partial charge in [0.1, 0.15) is 0 Å². The van der Waals surface area contributed by atoms with Gasteiger partial charge in [-0.15, -0.1) is 0 Å². The van der Waals surface area contributed by atoms with Crippen molar-refractivity contribution in [3.63, 3.8) is 0 Å². The lowest BCUT2D eigenvalue weighted by molar-refractivity contribution is 0.148. The molecule has 0 aromatic heterocycles. The first kappa shape index (κ1) is 17.0. The monoisotopic (exact) mass is 240 g/mol. The summed E-state index contributed by atoms with van der Waals surface area (Å²) in [5.74, 6) is 5.21. The van der Waals surface area contributed by atoms with Crippen molar-refractivity contribution in [1.29, 1.82) is 0 Å². The van der Waals surface area contributed by atoms with E-state index in [4.69, 9.17) is 0 Å². The summed E-state index contributed by atoms with van der Waals surface area (Å²) < 4.78 is 0. The normalized spacial score (nSPS) is 21.0. The third-order valence-electron chi connectivity index (χ3n) is 5.36. The summed E-state index contributed by atoms with van der Waals surface area (Å²) >= 11 is 0. The zero-order valence-corrected chi connectivity index (χ0v) is 13.6. The molecule has 0 bridgehead atoms. The molecule has 0 aromatic rings. The molecule has 5 atom stereocenters. The van der Waals surface area contributed by atoms with Crippen LogP contribution in [0.2, 0.25) is 0 Å². The highest BCUT2D eigenvalue weighted by Gasteiger charge is 2.27. The molecule has 0 rings (SSSR count). The maximum Gasteiger partial charge on any atom is -0.0358 e. The van der Waals surface area contributed by atoms with Gasteiger partial charge in [-0.05, 0) is 41.9 Å². The van der Waals surface area contributed by atoms with Crippen LogP contribution in [-0.2, 0) is 0 Å². The molecule has 0 fully saturated rings. The summed E-state index contributed by atoms with van der Waals surface area (Å²) in [6.07, 6.45) is 4.07. The molecule has 0 aliphatic carbocycles. The molecular weight excluding hydrogens is 204 g/mol. The molecule has 0 aliphatic rings. The first-order valence-electron chi connectivity index (χ1n) is 7.84. The summed E-state index contributed by atoms with van der Waals surface area (Å²) in [6.45, 7) is 19.2. The van der Waals surface area contributed by atoms with E-state index in [9.17, 15) is 0 Å². The summed E-state index contributed by atoms with van der Waals surface area (Å²) in [5, 5.41) is 0. The molecule has 0 nitrogen and oxygen atoms in total. The molecule has 0 saturated carbocycles. The standard InChI is InChI=1S/C17H36/c1-9-13(5)15(7)11-17(14(6)10-2)16(8)12(3)4/h12-17H,9-11H2,1-8H3. The average Bonchev–Trinajstić information content (AvgIpc) is 2.32. The van der Waals surface area contributed by atoms with E-state index >= 15 is 0 Å². The highest BCUT2D eigenvalue weighted by molar-refractivity contribution is 4.77. The van der Waals surface area contributed by atoms with Crippen LogP contribution in [0.25, 0.3) is 0 Å². The average molecular weight is 240 g/mol. The van der Waals surface area contributed by atoms with Crippen molar-refractivity contribution in [2.45, 2.75) is 74.7 Å². The van der Waals surface area contributed by atoms with Crippen LogP contribution in [0.15, 0.2) is 0 Å². The topological polar surface area (TPSA) is 0 Å². The smallest absolute Gasteiger partial charge is 0.0358 e. The molecule has 0 aromatic carbocycles. The SMILES string of the molecule is CCC(C)C(C)CC(C(C)CC)C(C)C(C)C. The Kier molecular flexibility index (Phi) is 8.16. The first-order chi connectivity index (χ1) is 7.84. The maximum absolute atomic E-state index is 2.46. The fourth-order valence-electron chi connectivity index (χ4n) is 2.83. The summed E-state index contributed by atoms with van der Waals surface area (Å²) in [5.41, 5.74) is 0. The molecule has 0 amide bonds. The van der Waals surface area contributed by atoms with E-state index < -0.39 is 0 Å². The van der Waals surface area contributed by atoms with Gasteiger partial charge in [0.2, 0.25) is 0 Å². The van der Waals surface area contributed by atoms with Gasteiger partial charge in [0, 0.05) is 0 Å². The number of rotatable bonds is 8. The summed E-state index contributed by atoms with van der Waals surface area (Å²) in [7, 11) is 0. The van der Waals surface area contributed by atoms with Gasteiger partial charge in [-0.25, -0.2) is 0 Å². The second-order valence-electron chi connectivity index (χ2n) is 6.75. The van der Waals surface area contributed by atoms with Crippen LogP contribution in [0.3, 0.4) is 0 Å². The predicted octanol–water partition coefficient (Wildman–Crippen LogP) is 6.01. The van der Waals surface area contributed by atoms with Crippen LogP contribution in [0.1, 0.15) is 74.7 Å². The molecule has 17 heavy (non-hydrogen) atoms. The van der Waals surface area contributed by atoms with Crippen LogP contribution < -0.4 is 0 Å². The van der Waals surface area contributed by atoms with Gasteiger partial charge in [0.15, 0.2) is 0 Å². The summed E-state index contributed by atoms with van der Waals surface area (Å²) in [6, 6.07) is 0. The third-order valence-corrected chi connectivity index (χ3v) is 5.36. The molecule has 0 aliphatic heterocycles. The van der Waals surface area contributed by atoms with Gasteiger partial charge >= 0.3 is 0 Å². The quantitative estimate of drug-likeness (QED) is 0.487. The van der Waals surface area contributed by atoms with E-state index in [-0.39, 0.29) is 0 Å². The van der Waals surface area contributed by atoms with Gasteiger partial charge in [-0.2, -0.15) is 0 Å². The van der Waals surface area contributed by atoms with Gasteiger partial charge < -0.3 is 0 Å². The second kappa shape index (κ2) is 8.16. The van der Waals surface area contributed by atoms with Crippen molar-refractivity contribution in [2.75, 3.05) is 0 Å². The van der Waals surface area contributed by atoms with Crippen LogP contribution >= 0.6 is 0 Å². The van der Waals surface area contributed by atoms with E-state index in [1.54, 1.807) is 0 Å². The van der Waals surface area contributed by atoms with Gasteiger partial charge in [0.25, 0.3) is 0 Å². The second-order valence-corrected chi connectivity index (χ2v) is 6.75. The molecular formula is C17H36. The van der Waals surface area contributed by atoms with Crippen molar-refractivity contribution in [3.05, 3.63) is 0 Å². The van der Waals surface area contributed by atoms with E-state index in [2.05, 4.69) is 55.4 Å². The van der Waals surface area contributed by atoms with Gasteiger partial charge in [-0.3, -0.25) is 0 Å². The fraction of sp³-hybridized carbons (Fsp3) is 1.00. The Labute approximate surface area is 111 Å². The van der Waals surface area contributed by atoms with Crippen LogP contribution in [0.5, 0.6) is 0 Å². The molecule has 0 radical (unpaired) electrons. The van der Waals surface area contributed by atoms with E-state index in [1.165, 1.54) is 19.3 Å². The molecule has 0 spiro atoms. The fourth-order valence-corrected chi connectivity index (χ4v) is 2.83. The third kappa shape index (κ3) is 5.44. The van der Waals surface area contributed by atoms with Gasteiger partial charge in [0.05, 0.1) is 0 Å². The van der Waals surface area contributed by atoms with Crippen molar-refractivity contribution in [1.82, 2.24) is 0 Å². The molecule has 5 unspecified atom stereocenters. The zero-order chi connectivity index (χ0) is 13.6. The molecule has 0 saturated heterocycles. The van der Waals surface area contributed by atoms with Crippen LogP contribution in [0.4, 0.5) is 0 Å². The number of hydrogen-bond donors (Lipinski definition) is 0. The zero-order valence-electron chi connectivity index (χ0n) is 13.6. The minimum absolute atomic E-state index is 0.818. The Hall–Kier alpha value is 0. The Morgan fingerprint density at radius 2 is 1.12 bits per heavy atom. The molecule has 0 heterocycles. The first-order valence-corrected chi connectivity index (χ1v) is 7.84. The van der Waals surface area contributed by atoms with Crippen molar-refractivity contribution in [2.24, 2.45) is 35.5 Å². The lowest BCUT2D eigenvalue weighted by Crippen LogP contribution is -2.27. The minimum atomic E-state index is 0.818. The highest BCUT2D eigenvalue weighted by atomic mass is 14.3. The van der Waals surface area contributed by atoms with Crippen molar-refractivity contribution in [3.8, 4) is 0 Å². The Balaban J connectivity index is 4.59. The Morgan fingerprint density at radius 3 is 1.47 bits per heavy atom. The van der Waals surface area contributed by atoms with Crippen LogP contribution in [0, 0.1) is 35.5 Å². The molecule has 0 N–H and O–H groups in total. The van der Waals surface area contributed by atoms with Crippen LogP contribution in [-0.4, -0.2) is 0 Å². The number of hydrogen-bond acceptors (Lipinski definition) is 0. The van der Waals surface area contributed by atoms with Crippen molar-refractivity contribution >= 4 is 0 Å². The minimum Gasteiger partial charge on any atom is -0.0651 e. The Morgan fingerprint density at radius 1 is 0.647 bits per heavy atom. The predicted molar refractivity (Wildman–Crippen MR) is 80.2 cm³/mol.